The summed E-state index contributed by atoms with van der Waals surface area (Å²) in [4.78, 5) is 0.253. The zero-order valence-electron chi connectivity index (χ0n) is 11.6. The largest absolute Gasteiger partial charge is 0.243 e. The van der Waals surface area contributed by atoms with Crippen LogP contribution in [0.15, 0.2) is 17.0 Å². The Hall–Kier alpha value is -0.940. The summed E-state index contributed by atoms with van der Waals surface area (Å²) < 4.78 is 40.1. The zero-order chi connectivity index (χ0) is 14.2. The maximum atomic E-state index is 13.3. The average Bonchev–Trinajstić information content (AvgIpc) is 2.78. The molecule has 1 aromatic rings. The predicted molar refractivity (Wildman–Crippen MR) is 73.1 cm³/mol. The van der Waals surface area contributed by atoms with Crippen LogP contribution in [0.4, 0.5) is 4.39 Å². The predicted octanol–water partition coefficient (Wildman–Crippen LogP) is 3.01. The van der Waals surface area contributed by atoms with Gasteiger partial charge in [0, 0.05) is 13.1 Å². The summed E-state index contributed by atoms with van der Waals surface area (Å²) in [6.45, 7) is 3.29. The minimum atomic E-state index is -3.53. The summed E-state index contributed by atoms with van der Waals surface area (Å²) in [5.41, 5.74) is 0.949. The highest BCUT2D eigenvalue weighted by Gasteiger charge is 2.32. The highest BCUT2D eigenvalue weighted by molar-refractivity contribution is 7.89. The highest BCUT2D eigenvalue weighted by atomic mass is 32.2. The van der Waals surface area contributed by atoms with Gasteiger partial charge < -0.3 is 0 Å². The van der Waals surface area contributed by atoms with E-state index in [4.69, 9.17) is 0 Å². The molecule has 19 heavy (non-hydrogen) atoms. The quantitative estimate of drug-likeness (QED) is 0.856. The molecule has 0 saturated heterocycles. The molecule has 0 atom stereocenters. The molecule has 0 N–H and O–H groups in total. The lowest BCUT2D eigenvalue weighted by atomic mass is 10.1. The third kappa shape index (κ3) is 2.67. The van der Waals surface area contributed by atoms with E-state index in [0.29, 0.717) is 11.1 Å². The first-order valence-electron chi connectivity index (χ1n) is 6.59. The molecule has 1 aliphatic rings. The number of sulfonamides is 1. The monoisotopic (exact) mass is 285 g/mol. The number of hydrogen-bond donors (Lipinski definition) is 0. The summed E-state index contributed by atoms with van der Waals surface area (Å²) >= 11 is 0. The molecular formula is C14H20FNO2S. The molecule has 106 valence electrons. The minimum absolute atomic E-state index is 0.0776. The standard InChI is InChI=1S/C14H20FNO2S/c1-10-8-12(15)9-11(2)14(10)19(17,18)16(3)13-6-4-5-7-13/h8-9,13H,4-7H2,1-3H3. The van der Waals surface area contributed by atoms with Crippen LogP contribution >= 0.6 is 0 Å². The molecule has 0 aromatic heterocycles. The Morgan fingerprint density at radius 3 is 2.11 bits per heavy atom. The van der Waals surface area contributed by atoms with Crippen molar-refractivity contribution >= 4 is 10.0 Å². The average molecular weight is 285 g/mol. The van der Waals surface area contributed by atoms with Crippen LogP contribution in [-0.2, 0) is 10.0 Å². The Morgan fingerprint density at radius 2 is 1.63 bits per heavy atom. The van der Waals surface area contributed by atoms with Gasteiger partial charge in [-0.25, -0.2) is 12.8 Å². The second-order valence-corrected chi connectivity index (χ2v) is 7.26. The van der Waals surface area contributed by atoms with Gasteiger partial charge in [0.15, 0.2) is 0 Å². The topological polar surface area (TPSA) is 37.4 Å². The number of benzene rings is 1. The van der Waals surface area contributed by atoms with Crippen molar-refractivity contribution in [1.82, 2.24) is 4.31 Å². The fourth-order valence-corrected chi connectivity index (χ4v) is 4.74. The molecule has 2 rings (SSSR count). The van der Waals surface area contributed by atoms with Gasteiger partial charge in [-0.3, -0.25) is 0 Å². The van der Waals surface area contributed by atoms with Crippen molar-refractivity contribution in [2.45, 2.75) is 50.5 Å². The summed E-state index contributed by atoms with van der Waals surface area (Å²) in [5, 5.41) is 0. The molecule has 1 saturated carbocycles. The van der Waals surface area contributed by atoms with E-state index in [1.54, 1.807) is 20.9 Å². The third-order valence-corrected chi connectivity index (χ3v) is 6.12. The maximum Gasteiger partial charge on any atom is 0.243 e. The normalized spacial score (nSPS) is 17.3. The Morgan fingerprint density at radius 1 is 1.16 bits per heavy atom. The fourth-order valence-electron chi connectivity index (χ4n) is 2.91. The van der Waals surface area contributed by atoms with Crippen LogP contribution in [-0.4, -0.2) is 25.8 Å². The van der Waals surface area contributed by atoms with Crippen molar-refractivity contribution in [3.8, 4) is 0 Å². The van der Waals surface area contributed by atoms with Gasteiger partial charge in [0.1, 0.15) is 5.82 Å². The SMILES string of the molecule is Cc1cc(F)cc(C)c1S(=O)(=O)N(C)C1CCCC1. The second kappa shape index (κ2) is 5.21. The van der Waals surface area contributed by atoms with Crippen LogP contribution in [0.5, 0.6) is 0 Å². The van der Waals surface area contributed by atoms with Gasteiger partial charge in [0.05, 0.1) is 4.90 Å². The van der Waals surface area contributed by atoms with Gasteiger partial charge in [0.2, 0.25) is 10.0 Å². The van der Waals surface area contributed by atoms with Gasteiger partial charge >= 0.3 is 0 Å². The minimum Gasteiger partial charge on any atom is -0.207 e. The van der Waals surface area contributed by atoms with E-state index in [9.17, 15) is 12.8 Å². The Bertz CT molecular complexity index is 554. The van der Waals surface area contributed by atoms with Crippen LogP contribution in [0.3, 0.4) is 0 Å². The van der Waals surface area contributed by atoms with Crippen molar-refractivity contribution in [2.24, 2.45) is 0 Å². The van der Waals surface area contributed by atoms with Crippen molar-refractivity contribution in [1.29, 1.82) is 0 Å². The first-order valence-corrected chi connectivity index (χ1v) is 8.03. The molecule has 5 heteroatoms. The molecule has 0 aliphatic heterocycles. The molecular weight excluding hydrogens is 265 g/mol. The van der Waals surface area contributed by atoms with Crippen LogP contribution in [0, 0.1) is 19.7 Å². The maximum absolute atomic E-state index is 13.3. The lowest BCUT2D eigenvalue weighted by Gasteiger charge is -2.25. The number of aryl methyl sites for hydroxylation is 2. The van der Waals surface area contributed by atoms with Crippen molar-refractivity contribution in [3.05, 3.63) is 29.1 Å². The van der Waals surface area contributed by atoms with E-state index in [1.165, 1.54) is 16.4 Å². The molecule has 0 spiro atoms. The summed E-state index contributed by atoms with van der Waals surface area (Å²) in [6, 6.07) is 2.64. The second-order valence-electron chi connectivity index (χ2n) is 5.33. The number of halogens is 1. The zero-order valence-corrected chi connectivity index (χ0v) is 12.4. The smallest absolute Gasteiger partial charge is 0.207 e. The molecule has 1 aromatic carbocycles. The van der Waals surface area contributed by atoms with Crippen molar-refractivity contribution in [2.75, 3.05) is 7.05 Å². The van der Waals surface area contributed by atoms with E-state index < -0.39 is 15.8 Å². The third-order valence-electron chi connectivity index (χ3n) is 3.90. The lowest BCUT2D eigenvalue weighted by molar-refractivity contribution is 0.372. The first kappa shape index (κ1) is 14.5. The molecule has 0 radical (unpaired) electrons. The Balaban J connectivity index is 2.44. The molecule has 1 fully saturated rings. The summed E-state index contributed by atoms with van der Waals surface area (Å²) in [6.07, 6.45) is 3.97. The number of rotatable bonds is 3. The van der Waals surface area contributed by atoms with E-state index in [2.05, 4.69) is 0 Å². The Labute approximate surface area is 114 Å². The molecule has 3 nitrogen and oxygen atoms in total. The first-order chi connectivity index (χ1) is 8.84. The van der Waals surface area contributed by atoms with Gasteiger partial charge in [0.25, 0.3) is 0 Å². The summed E-state index contributed by atoms with van der Waals surface area (Å²) in [7, 11) is -1.90. The van der Waals surface area contributed by atoms with Crippen molar-refractivity contribution < 1.29 is 12.8 Å². The van der Waals surface area contributed by atoms with E-state index in [1.807, 2.05) is 0 Å². The van der Waals surface area contributed by atoms with Gasteiger partial charge in [-0.05, 0) is 49.9 Å². The van der Waals surface area contributed by atoms with Crippen LogP contribution in [0.25, 0.3) is 0 Å². The number of nitrogens with zero attached hydrogens (tertiary/aromatic N) is 1. The summed E-state index contributed by atoms with van der Waals surface area (Å²) in [5.74, 6) is -0.391. The van der Waals surface area contributed by atoms with E-state index in [-0.39, 0.29) is 10.9 Å². The highest BCUT2D eigenvalue weighted by Crippen LogP contribution is 2.30. The molecule has 0 unspecified atom stereocenters. The Kier molecular flexibility index (Phi) is 3.97. The molecule has 0 heterocycles. The van der Waals surface area contributed by atoms with Gasteiger partial charge in [-0.15, -0.1) is 0 Å². The molecule has 1 aliphatic carbocycles. The van der Waals surface area contributed by atoms with E-state index in [0.717, 1.165) is 25.7 Å². The van der Waals surface area contributed by atoms with Crippen LogP contribution in [0.2, 0.25) is 0 Å². The number of hydrogen-bond acceptors (Lipinski definition) is 2. The van der Waals surface area contributed by atoms with Crippen LogP contribution in [0.1, 0.15) is 36.8 Å². The van der Waals surface area contributed by atoms with E-state index >= 15 is 0 Å². The van der Waals surface area contributed by atoms with Crippen molar-refractivity contribution in [3.63, 3.8) is 0 Å². The van der Waals surface area contributed by atoms with Gasteiger partial charge in [-0.1, -0.05) is 12.8 Å². The van der Waals surface area contributed by atoms with Gasteiger partial charge in [-0.2, -0.15) is 4.31 Å². The molecule has 0 bridgehead atoms. The lowest BCUT2D eigenvalue weighted by Crippen LogP contribution is -2.36. The molecule has 0 amide bonds. The fraction of sp³-hybridized carbons (Fsp3) is 0.571. The van der Waals surface area contributed by atoms with Crippen LogP contribution < -0.4 is 0 Å².